The van der Waals surface area contributed by atoms with E-state index >= 15 is 0 Å². The number of hydrogen-bond donors (Lipinski definition) is 1. The lowest BCUT2D eigenvalue weighted by atomic mass is 9.90. The highest BCUT2D eigenvalue weighted by molar-refractivity contribution is 6.30. The fourth-order valence-electron chi connectivity index (χ4n) is 2.32. The van der Waals surface area contributed by atoms with E-state index in [0.29, 0.717) is 6.54 Å². The van der Waals surface area contributed by atoms with Gasteiger partial charge in [0.1, 0.15) is 5.82 Å². The standard InChI is InChI=1S/C13H18ClFN2.ClH/c1-13(8-16)4-5-17(9-13)7-10-2-3-12(15)11(14)6-10;/h2-3,6H,4-5,7-9,16H2,1H3;1H. The minimum absolute atomic E-state index is 0. The van der Waals surface area contributed by atoms with Gasteiger partial charge in [0.2, 0.25) is 0 Å². The third kappa shape index (κ3) is 3.58. The summed E-state index contributed by atoms with van der Waals surface area (Å²) in [5, 5.41) is 0.197. The second-order valence-electron chi connectivity index (χ2n) is 5.22. The van der Waals surface area contributed by atoms with Gasteiger partial charge < -0.3 is 5.73 Å². The summed E-state index contributed by atoms with van der Waals surface area (Å²) in [6.45, 7) is 5.79. The van der Waals surface area contributed by atoms with E-state index in [1.54, 1.807) is 12.1 Å². The third-order valence-electron chi connectivity index (χ3n) is 3.52. The average Bonchev–Trinajstić information content (AvgIpc) is 2.67. The van der Waals surface area contributed by atoms with Crippen LogP contribution in [0, 0.1) is 11.2 Å². The van der Waals surface area contributed by atoms with Gasteiger partial charge in [-0.3, -0.25) is 4.90 Å². The van der Waals surface area contributed by atoms with E-state index in [0.717, 1.165) is 31.6 Å². The first-order valence-corrected chi connectivity index (χ1v) is 6.27. The van der Waals surface area contributed by atoms with Gasteiger partial charge in [0.15, 0.2) is 0 Å². The number of nitrogens with two attached hydrogens (primary N) is 1. The number of hydrogen-bond acceptors (Lipinski definition) is 2. The van der Waals surface area contributed by atoms with Crippen molar-refractivity contribution in [3.05, 3.63) is 34.6 Å². The SMILES string of the molecule is CC1(CN)CCN(Cc2ccc(F)c(Cl)c2)C1.Cl. The van der Waals surface area contributed by atoms with Crippen LogP contribution in [0.4, 0.5) is 4.39 Å². The van der Waals surface area contributed by atoms with Crippen molar-refractivity contribution >= 4 is 24.0 Å². The molecule has 1 aliphatic heterocycles. The Hall–Kier alpha value is -0.350. The van der Waals surface area contributed by atoms with Crippen LogP contribution in [-0.2, 0) is 6.54 Å². The zero-order chi connectivity index (χ0) is 12.5. The van der Waals surface area contributed by atoms with E-state index < -0.39 is 0 Å². The van der Waals surface area contributed by atoms with Gasteiger partial charge in [-0.25, -0.2) is 4.39 Å². The summed E-state index contributed by atoms with van der Waals surface area (Å²) in [5.41, 5.74) is 7.05. The quantitative estimate of drug-likeness (QED) is 0.928. The molecule has 0 aliphatic carbocycles. The maximum Gasteiger partial charge on any atom is 0.141 e. The molecule has 1 atom stereocenters. The monoisotopic (exact) mass is 292 g/mol. The molecule has 1 aromatic rings. The van der Waals surface area contributed by atoms with Crippen LogP contribution in [-0.4, -0.2) is 24.5 Å². The Balaban J connectivity index is 0.00000162. The normalized spacial score (nSPS) is 24.0. The van der Waals surface area contributed by atoms with Crippen LogP contribution in [0.25, 0.3) is 0 Å². The molecule has 5 heteroatoms. The van der Waals surface area contributed by atoms with Crippen molar-refractivity contribution in [1.82, 2.24) is 4.90 Å². The van der Waals surface area contributed by atoms with Gasteiger partial charge in [0.05, 0.1) is 5.02 Å². The number of nitrogens with zero attached hydrogens (tertiary/aromatic N) is 1. The summed E-state index contributed by atoms with van der Waals surface area (Å²) < 4.78 is 13.0. The van der Waals surface area contributed by atoms with Gasteiger partial charge >= 0.3 is 0 Å². The van der Waals surface area contributed by atoms with Crippen molar-refractivity contribution in [3.8, 4) is 0 Å². The van der Waals surface area contributed by atoms with Crippen LogP contribution in [0.1, 0.15) is 18.9 Å². The molecule has 0 spiro atoms. The molecule has 0 aromatic heterocycles. The maximum absolute atomic E-state index is 13.0. The number of benzene rings is 1. The Kier molecular flexibility index (Phi) is 5.41. The molecule has 0 radical (unpaired) electrons. The van der Waals surface area contributed by atoms with Gasteiger partial charge in [-0.05, 0) is 42.6 Å². The molecule has 1 aliphatic rings. The van der Waals surface area contributed by atoms with Crippen LogP contribution in [0.5, 0.6) is 0 Å². The highest BCUT2D eigenvalue weighted by atomic mass is 35.5. The molecule has 0 bridgehead atoms. The fraction of sp³-hybridized carbons (Fsp3) is 0.538. The largest absolute Gasteiger partial charge is 0.330 e. The summed E-state index contributed by atoms with van der Waals surface area (Å²) in [4.78, 5) is 2.34. The number of likely N-dealkylation sites (tertiary alicyclic amines) is 1. The molecule has 0 saturated carbocycles. The summed E-state index contributed by atoms with van der Waals surface area (Å²) >= 11 is 5.77. The Labute approximate surface area is 119 Å². The van der Waals surface area contributed by atoms with Crippen molar-refractivity contribution in [2.75, 3.05) is 19.6 Å². The molecule has 18 heavy (non-hydrogen) atoms. The fourth-order valence-corrected chi connectivity index (χ4v) is 2.53. The first-order valence-electron chi connectivity index (χ1n) is 5.89. The number of halogens is 3. The predicted octanol–water partition coefficient (Wildman–Crippen LogP) is 3.07. The molecule has 2 rings (SSSR count). The average molecular weight is 293 g/mol. The highest BCUT2D eigenvalue weighted by Crippen LogP contribution is 2.29. The zero-order valence-corrected chi connectivity index (χ0v) is 12.0. The van der Waals surface area contributed by atoms with E-state index in [9.17, 15) is 4.39 Å². The van der Waals surface area contributed by atoms with E-state index in [2.05, 4.69) is 11.8 Å². The van der Waals surface area contributed by atoms with Gasteiger partial charge in [-0.1, -0.05) is 24.6 Å². The Bertz CT molecular complexity index is 414. The highest BCUT2D eigenvalue weighted by Gasteiger charge is 2.32. The molecule has 1 fully saturated rings. The van der Waals surface area contributed by atoms with Gasteiger partial charge in [0, 0.05) is 13.1 Å². The molecule has 2 N–H and O–H groups in total. The second-order valence-corrected chi connectivity index (χ2v) is 5.63. The molecular weight excluding hydrogens is 274 g/mol. The predicted molar refractivity (Wildman–Crippen MR) is 75.7 cm³/mol. The maximum atomic E-state index is 13.0. The van der Waals surface area contributed by atoms with E-state index in [4.69, 9.17) is 17.3 Å². The lowest BCUT2D eigenvalue weighted by molar-refractivity contribution is 0.274. The molecule has 0 amide bonds. The van der Waals surface area contributed by atoms with Crippen LogP contribution < -0.4 is 5.73 Å². The minimum Gasteiger partial charge on any atom is -0.330 e. The van der Waals surface area contributed by atoms with Crippen LogP contribution >= 0.6 is 24.0 Å². The molecule has 1 saturated heterocycles. The van der Waals surface area contributed by atoms with Crippen LogP contribution in [0.15, 0.2) is 18.2 Å². The molecule has 1 unspecified atom stereocenters. The van der Waals surface area contributed by atoms with Crippen molar-refractivity contribution in [1.29, 1.82) is 0 Å². The molecule has 2 nitrogen and oxygen atoms in total. The van der Waals surface area contributed by atoms with E-state index in [-0.39, 0.29) is 28.7 Å². The zero-order valence-electron chi connectivity index (χ0n) is 10.5. The van der Waals surface area contributed by atoms with Gasteiger partial charge in [0.25, 0.3) is 0 Å². The second kappa shape index (κ2) is 6.20. The van der Waals surface area contributed by atoms with Crippen molar-refractivity contribution in [3.63, 3.8) is 0 Å². The molecular formula is C13H19Cl2FN2. The molecule has 1 heterocycles. The lowest BCUT2D eigenvalue weighted by Crippen LogP contribution is -2.31. The van der Waals surface area contributed by atoms with Gasteiger partial charge in [-0.15, -0.1) is 12.4 Å². The van der Waals surface area contributed by atoms with E-state index in [1.165, 1.54) is 6.07 Å². The lowest BCUT2D eigenvalue weighted by Gasteiger charge is -2.22. The summed E-state index contributed by atoms with van der Waals surface area (Å²) in [6.07, 6.45) is 1.12. The number of rotatable bonds is 3. The van der Waals surface area contributed by atoms with Crippen molar-refractivity contribution in [2.24, 2.45) is 11.1 Å². The molecule has 102 valence electrons. The third-order valence-corrected chi connectivity index (χ3v) is 3.81. The Morgan fingerprint density at radius 1 is 1.50 bits per heavy atom. The summed E-state index contributed by atoms with van der Waals surface area (Å²) in [7, 11) is 0. The van der Waals surface area contributed by atoms with Crippen LogP contribution in [0.2, 0.25) is 5.02 Å². The smallest absolute Gasteiger partial charge is 0.141 e. The van der Waals surface area contributed by atoms with Crippen molar-refractivity contribution in [2.45, 2.75) is 19.9 Å². The minimum atomic E-state index is -0.358. The summed E-state index contributed by atoms with van der Waals surface area (Å²) in [5.74, 6) is -0.358. The Morgan fingerprint density at radius 2 is 2.22 bits per heavy atom. The van der Waals surface area contributed by atoms with E-state index in [1.807, 2.05) is 0 Å². The Morgan fingerprint density at radius 3 is 2.78 bits per heavy atom. The topological polar surface area (TPSA) is 29.3 Å². The first kappa shape index (κ1) is 15.7. The first-order chi connectivity index (χ1) is 8.02. The van der Waals surface area contributed by atoms with Crippen LogP contribution in [0.3, 0.4) is 0 Å². The van der Waals surface area contributed by atoms with Gasteiger partial charge in [-0.2, -0.15) is 0 Å². The summed E-state index contributed by atoms with van der Waals surface area (Å²) in [6, 6.07) is 4.92. The molecule has 1 aromatic carbocycles. The van der Waals surface area contributed by atoms with Crippen molar-refractivity contribution < 1.29 is 4.39 Å².